The summed E-state index contributed by atoms with van der Waals surface area (Å²) in [5.41, 5.74) is 2.38. The molecule has 0 radical (unpaired) electrons. The normalized spacial score (nSPS) is 15.3. The predicted molar refractivity (Wildman–Crippen MR) is 106 cm³/mol. The fraction of sp³-hybridized carbons (Fsp3) is 0.333. The highest BCUT2D eigenvalue weighted by molar-refractivity contribution is 5.98. The summed E-state index contributed by atoms with van der Waals surface area (Å²) in [5, 5.41) is 4.72. The molecule has 0 bridgehead atoms. The Morgan fingerprint density at radius 3 is 2.30 bits per heavy atom. The molecule has 140 valence electrons. The minimum Gasteiger partial charge on any atom is -0.336 e. The van der Waals surface area contributed by atoms with Gasteiger partial charge in [0.25, 0.3) is 5.91 Å². The van der Waals surface area contributed by atoms with Gasteiger partial charge in [-0.2, -0.15) is 5.10 Å². The second kappa shape index (κ2) is 7.40. The van der Waals surface area contributed by atoms with Crippen LogP contribution in [0.3, 0.4) is 0 Å². The van der Waals surface area contributed by atoms with E-state index in [1.54, 1.807) is 0 Å². The topological polar surface area (TPSA) is 46.3 Å². The minimum absolute atomic E-state index is 0.0640. The standard InChI is InChI=1S/C21H25N5O/c1-3-23-13-15-25(16-14-23)21(27)19-17(2)22-26(18-9-5-4-6-10-18)20(19)24-11-7-8-12-24/h4-12H,3,13-16H2,1-2H3. The highest BCUT2D eigenvalue weighted by atomic mass is 16.2. The van der Waals surface area contributed by atoms with E-state index in [4.69, 9.17) is 5.10 Å². The molecule has 0 atom stereocenters. The molecular weight excluding hydrogens is 338 g/mol. The van der Waals surface area contributed by atoms with Crippen molar-refractivity contribution < 1.29 is 4.79 Å². The summed E-state index contributed by atoms with van der Waals surface area (Å²) in [5.74, 6) is 0.862. The van der Waals surface area contributed by atoms with E-state index in [1.807, 2.05) is 75.9 Å². The van der Waals surface area contributed by atoms with Gasteiger partial charge in [-0.3, -0.25) is 4.79 Å². The molecule has 1 aromatic carbocycles. The van der Waals surface area contributed by atoms with Crippen LogP contribution in [0.4, 0.5) is 0 Å². The Bertz CT molecular complexity index is 906. The van der Waals surface area contributed by atoms with Gasteiger partial charge >= 0.3 is 0 Å². The van der Waals surface area contributed by atoms with E-state index in [9.17, 15) is 4.79 Å². The Hall–Kier alpha value is -2.86. The number of carbonyl (C=O) groups excluding carboxylic acids is 1. The van der Waals surface area contributed by atoms with E-state index in [2.05, 4.69) is 11.8 Å². The summed E-state index contributed by atoms with van der Waals surface area (Å²) in [6.07, 6.45) is 3.92. The van der Waals surface area contributed by atoms with Crippen LogP contribution in [0.25, 0.3) is 11.5 Å². The zero-order valence-corrected chi connectivity index (χ0v) is 15.9. The molecule has 1 aliphatic heterocycles. The van der Waals surface area contributed by atoms with E-state index in [1.165, 1.54) is 0 Å². The van der Waals surface area contributed by atoms with Gasteiger partial charge in [-0.05, 0) is 37.7 Å². The van der Waals surface area contributed by atoms with Crippen LogP contribution in [-0.4, -0.2) is 62.8 Å². The fourth-order valence-corrected chi connectivity index (χ4v) is 3.65. The lowest BCUT2D eigenvalue weighted by Gasteiger charge is -2.34. The van der Waals surface area contributed by atoms with Crippen LogP contribution >= 0.6 is 0 Å². The van der Waals surface area contributed by atoms with Gasteiger partial charge in [0.05, 0.1) is 11.4 Å². The van der Waals surface area contributed by atoms with Crippen molar-refractivity contribution in [2.75, 3.05) is 32.7 Å². The van der Waals surface area contributed by atoms with E-state index in [0.717, 1.165) is 49.9 Å². The number of hydrogen-bond donors (Lipinski definition) is 0. The summed E-state index contributed by atoms with van der Waals surface area (Å²) in [4.78, 5) is 17.7. The Morgan fingerprint density at radius 1 is 1.00 bits per heavy atom. The molecule has 27 heavy (non-hydrogen) atoms. The lowest BCUT2D eigenvalue weighted by Crippen LogP contribution is -2.48. The van der Waals surface area contributed by atoms with Gasteiger partial charge in [-0.25, -0.2) is 4.68 Å². The van der Waals surface area contributed by atoms with Crippen molar-refractivity contribution >= 4 is 5.91 Å². The average Bonchev–Trinajstić information content (AvgIpc) is 3.35. The number of aromatic nitrogens is 3. The number of piperazine rings is 1. The van der Waals surface area contributed by atoms with Gasteiger partial charge in [0.1, 0.15) is 5.56 Å². The number of likely N-dealkylation sites (N-methyl/N-ethyl adjacent to an activating group) is 1. The second-order valence-electron chi connectivity index (χ2n) is 6.85. The number of amides is 1. The van der Waals surface area contributed by atoms with E-state index in [-0.39, 0.29) is 5.91 Å². The number of rotatable bonds is 4. The van der Waals surface area contributed by atoms with Crippen molar-refractivity contribution in [3.05, 3.63) is 66.1 Å². The Labute approximate surface area is 159 Å². The zero-order chi connectivity index (χ0) is 18.8. The first-order valence-corrected chi connectivity index (χ1v) is 9.49. The van der Waals surface area contributed by atoms with Gasteiger partial charge in [-0.15, -0.1) is 0 Å². The number of benzene rings is 1. The number of hydrogen-bond acceptors (Lipinski definition) is 3. The molecule has 0 unspecified atom stereocenters. The molecule has 1 saturated heterocycles. The van der Waals surface area contributed by atoms with Crippen molar-refractivity contribution in [1.82, 2.24) is 24.1 Å². The number of carbonyl (C=O) groups is 1. The maximum Gasteiger partial charge on any atom is 0.259 e. The van der Waals surface area contributed by atoms with E-state index < -0.39 is 0 Å². The minimum atomic E-state index is 0.0640. The van der Waals surface area contributed by atoms with Gasteiger partial charge < -0.3 is 14.4 Å². The van der Waals surface area contributed by atoms with Crippen molar-refractivity contribution in [2.24, 2.45) is 0 Å². The molecule has 6 heteroatoms. The SMILES string of the molecule is CCN1CCN(C(=O)c2c(C)nn(-c3ccccc3)c2-n2cccc2)CC1. The molecule has 1 amide bonds. The van der Waals surface area contributed by atoms with Crippen LogP contribution in [0.5, 0.6) is 0 Å². The molecule has 0 N–H and O–H groups in total. The molecule has 0 saturated carbocycles. The molecule has 2 aromatic heterocycles. The highest BCUT2D eigenvalue weighted by Crippen LogP contribution is 2.25. The smallest absolute Gasteiger partial charge is 0.259 e. The third-order valence-electron chi connectivity index (χ3n) is 5.21. The first-order chi connectivity index (χ1) is 13.2. The fourth-order valence-electron chi connectivity index (χ4n) is 3.65. The van der Waals surface area contributed by atoms with Crippen LogP contribution in [0, 0.1) is 6.92 Å². The molecule has 1 fully saturated rings. The Morgan fingerprint density at radius 2 is 1.67 bits per heavy atom. The summed E-state index contributed by atoms with van der Waals surface area (Å²) < 4.78 is 3.84. The Kier molecular flexibility index (Phi) is 4.81. The van der Waals surface area contributed by atoms with Crippen LogP contribution in [0.2, 0.25) is 0 Å². The Balaban J connectivity index is 1.77. The van der Waals surface area contributed by atoms with Gasteiger partial charge in [0, 0.05) is 38.6 Å². The number of nitrogens with zero attached hydrogens (tertiary/aromatic N) is 5. The van der Waals surface area contributed by atoms with Gasteiger partial charge in [-0.1, -0.05) is 25.1 Å². The van der Waals surface area contributed by atoms with Crippen molar-refractivity contribution in [3.63, 3.8) is 0 Å². The molecule has 4 rings (SSSR count). The molecule has 6 nitrogen and oxygen atoms in total. The summed E-state index contributed by atoms with van der Waals surface area (Å²) in [6, 6.07) is 13.9. The molecular formula is C21H25N5O. The third kappa shape index (κ3) is 3.28. The quantitative estimate of drug-likeness (QED) is 0.716. The maximum absolute atomic E-state index is 13.4. The van der Waals surface area contributed by atoms with E-state index in [0.29, 0.717) is 5.56 Å². The largest absolute Gasteiger partial charge is 0.336 e. The van der Waals surface area contributed by atoms with Crippen LogP contribution in [0.1, 0.15) is 23.0 Å². The summed E-state index contributed by atoms with van der Waals surface area (Å²) >= 11 is 0. The van der Waals surface area contributed by atoms with Crippen LogP contribution in [-0.2, 0) is 0 Å². The highest BCUT2D eigenvalue weighted by Gasteiger charge is 2.29. The first kappa shape index (κ1) is 17.5. The molecule has 3 heterocycles. The zero-order valence-electron chi connectivity index (χ0n) is 15.9. The van der Waals surface area contributed by atoms with Crippen molar-refractivity contribution in [1.29, 1.82) is 0 Å². The summed E-state index contributed by atoms with van der Waals surface area (Å²) in [7, 11) is 0. The van der Waals surface area contributed by atoms with E-state index >= 15 is 0 Å². The third-order valence-corrected chi connectivity index (χ3v) is 5.21. The molecule has 0 aliphatic carbocycles. The summed E-state index contributed by atoms with van der Waals surface area (Å²) in [6.45, 7) is 8.47. The van der Waals surface area contributed by atoms with Crippen molar-refractivity contribution in [3.8, 4) is 11.5 Å². The number of aryl methyl sites for hydroxylation is 1. The second-order valence-corrected chi connectivity index (χ2v) is 6.85. The van der Waals surface area contributed by atoms with Crippen molar-refractivity contribution in [2.45, 2.75) is 13.8 Å². The van der Waals surface area contributed by atoms with Crippen LogP contribution < -0.4 is 0 Å². The predicted octanol–water partition coefficient (Wildman–Crippen LogP) is 2.75. The monoisotopic (exact) mass is 363 g/mol. The first-order valence-electron chi connectivity index (χ1n) is 9.49. The lowest BCUT2D eigenvalue weighted by molar-refractivity contribution is 0.0642. The maximum atomic E-state index is 13.4. The average molecular weight is 363 g/mol. The molecule has 1 aliphatic rings. The molecule has 3 aromatic rings. The number of para-hydroxylation sites is 1. The van der Waals surface area contributed by atoms with Gasteiger partial charge in [0.2, 0.25) is 0 Å². The lowest BCUT2D eigenvalue weighted by atomic mass is 10.2. The van der Waals surface area contributed by atoms with Gasteiger partial charge in [0.15, 0.2) is 5.82 Å². The molecule has 0 spiro atoms. The van der Waals surface area contributed by atoms with Crippen LogP contribution in [0.15, 0.2) is 54.9 Å².